The minimum Gasteiger partial charge on any atom is -0.453 e. The Morgan fingerprint density at radius 1 is 1.26 bits per heavy atom. The molecule has 1 amide bonds. The second-order valence-electron chi connectivity index (χ2n) is 4.45. The molecule has 2 N–H and O–H groups in total. The van der Waals surface area contributed by atoms with Gasteiger partial charge in [-0.3, -0.25) is 5.32 Å². The van der Waals surface area contributed by atoms with Crippen LogP contribution in [0, 0.1) is 0 Å². The van der Waals surface area contributed by atoms with Gasteiger partial charge in [-0.2, -0.15) is 0 Å². The van der Waals surface area contributed by atoms with Gasteiger partial charge >= 0.3 is 6.09 Å². The highest BCUT2D eigenvalue weighted by molar-refractivity contribution is 7.80. The topological polar surface area (TPSA) is 67.0 Å². The summed E-state index contributed by atoms with van der Waals surface area (Å²) in [6.45, 7) is 0. The number of methoxy groups -OCH3 is 1. The van der Waals surface area contributed by atoms with Gasteiger partial charge in [0.05, 0.1) is 18.1 Å². The van der Waals surface area contributed by atoms with Gasteiger partial charge in [-0.15, -0.1) is 12.6 Å². The monoisotopic (exact) mass is 369 g/mol. The molecule has 120 valence electrons. The number of imidazole rings is 1. The van der Waals surface area contributed by atoms with Crippen LogP contribution in [-0.4, -0.2) is 23.2 Å². The predicted molar refractivity (Wildman–Crippen MR) is 96.5 cm³/mol. The molecule has 1 aromatic heterocycles. The molecule has 0 fully saturated rings. The molecule has 0 spiro atoms. The van der Waals surface area contributed by atoms with E-state index in [0.29, 0.717) is 5.95 Å². The van der Waals surface area contributed by atoms with E-state index in [0.717, 1.165) is 27.1 Å². The molecule has 0 saturated carbocycles. The molecule has 8 heteroatoms. The lowest BCUT2D eigenvalue weighted by atomic mass is 10.1. The number of hydrogen-bond donors (Lipinski definition) is 3. The van der Waals surface area contributed by atoms with Crippen molar-refractivity contribution in [2.75, 3.05) is 12.4 Å². The molecule has 0 aliphatic carbocycles. The highest BCUT2D eigenvalue weighted by Gasteiger charge is 2.08. The zero-order valence-corrected chi connectivity index (χ0v) is 14.4. The predicted octanol–water partition coefficient (Wildman–Crippen LogP) is 5.08. The number of nitrogens with zero attached hydrogens (tertiary/aromatic N) is 1. The second kappa shape index (κ2) is 8.10. The summed E-state index contributed by atoms with van der Waals surface area (Å²) in [5, 5.41) is 2.51. The number of benzene rings is 2. The average Bonchev–Trinajstić information content (AvgIpc) is 2.98. The van der Waals surface area contributed by atoms with E-state index in [1.165, 1.54) is 7.11 Å². The summed E-state index contributed by atoms with van der Waals surface area (Å²) in [5.41, 5.74) is 3.67. The van der Waals surface area contributed by atoms with Crippen molar-refractivity contribution in [1.29, 1.82) is 0 Å². The van der Waals surface area contributed by atoms with Crippen LogP contribution in [0.5, 0.6) is 0 Å². The lowest BCUT2D eigenvalue weighted by molar-refractivity contribution is 0.186. The minimum atomic E-state index is -0.560. The lowest BCUT2D eigenvalue weighted by Gasteiger charge is -2.04. The number of carbonyl (C=O) groups excluding carboxylic acids is 1. The number of aromatic nitrogens is 2. The van der Waals surface area contributed by atoms with E-state index in [1.807, 2.05) is 42.5 Å². The second-order valence-corrected chi connectivity index (χ2v) is 4.93. The first kappa shape index (κ1) is 17.5. The molecule has 23 heavy (non-hydrogen) atoms. The SMILES string of the molecule is COC(=O)Nc1nc2ccc(-c3ccccc3S)cc2[nH]1.ClCl. The summed E-state index contributed by atoms with van der Waals surface area (Å²) in [4.78, 5) is 19.4. The van der Waals surface area contributed by atoms with Gasteiger partial charge in [-0.1, -0.05) is 24.3 Å². The quantitative estimate of drug-likeness (QED) is 0.552. The van der Waals surface area contributed by atoms with Crippen LogP contribution in [0.25, 0.3) is 22.2 Å². The molecule has 0 aliphatic heterocycles. The first-order valence-corrected chi connectivity index (χ1v) is 8.04. The van der Waals surface area contributed by atoms with Gasteiger partial charge in [-0.05, 0) is 29.3 Å². The number of rotatable bonds is 2. The van der Waals surface area contributed by atoms with Crippen molar-refractivity contribution >= 4 is 57.4 Å². The number of aromatic amines is 1. The summed E-state index contributed by atoms with van der Waals surface area (Å²) in [6.07, 6.45) is -0.560. The van der Waals surface area contributed by atoms with Crippen LogP contribution >= 0.6 is 34.3 Å². The zero-order valence-electron chi connectivity index (χ0n) is 12.0. The summed E-state index contributed by atoms with van der Waals surface area (Å²) in [5.74, 6) is 0.355. The van der Waals surface area contributed by atoms with Gasteiger partial charge in [0.2, 0.25) is 5.95 Å². The molecular weight excluding hydrogens is 357 g/mol. The van der Waals surface area contributed by atoms with Crippen molar-refractivity contribution in [3.8, 4) is 11.1 Å². The third-order valence-electron chi connectivity index (χ3n) is 3.10. The standard InChI is InChI=1S/C15H13N3O2S.Cl2/c1-20-15(19)18-14-16-11-7-6-9(8-12(11)17-14)10-4-2-3-5-13(10)21;1-2/h2-8,21H,1H3,(H2,16,17,18,19);. The molecular formula is C15H13Cl2N3O2S. The number of hydrogen-bond acceptors (Lipinski definition) is 4. The molecule has 0 atom stereocenters. The molecule has 0 unspecified atom stereocenters. The van der Waals surface area contributed by atoms with Gasteiger partial charge < -0.3 is 9.72 Å². The Balaban J connectivity index is 0.000000924. The van der Waals surface area contributed by atoms with Crippen LogP contribution in [0.3, 0.4) is 0 Å². The van der Waals surface area contributed by atoms with Crippen LogP contribution in [0.1, 0.15) is 0 Å². The first-order chi connectivity index (χ1) is 11.2. The van der Waals surface area contributed by atoms with Crippen molar-refractivity contribution in [1.82, 2.24) is 9.97 Å². The Morgan fingerprint density at radius 3 is 2.70 bits per heavy atom. The molecule has 2 aromatic carbocycles. The lowest BCUT2D eigenvalue weighted by Crippen LogP contribution is -2.11. The first-order valence-electron chi connectivity index (χ1n) is 6.45. The molecule has 0 saturated heterocycles. The third kappa shape index (κ3) is 4.10. The number of thiol groups is 1. The van der Waals surface area contributed by atoms with Crippen molar-refractivity contribution in [3.63, 3.8) is 0 Å². The maximum absolute atomic E-state index is 11.2. The Bertz CT molecular complexity index is 823. The van der Waals surface area contributed by atoms with E-state index >= 15 is 0 Å². The van der Waals surface area contributed by atoms with Crippen molar-refractivity contribution in [2.45, 2.75) is 4.90 Å². The number of nitrogens with one attached hydrogen (secondary N) is 2. The fraction of sp³-hybridized carbons (Fsp3) is 0.0667. The molecule has 0 aliphatic rings. The normalized spacial score (nSPS) is 9.91. The smallest absolute Gasteiger partial charge is 0.413 e. The maximum atomic E-state index is 11.2. The number of anilines is 1. The fourth-order valence-corrected chi connectivity index (χ4v) is 2.39. The summed E-state index contributed by atoms with van der Waals surface area (Å²) >= 11 is 4.47. The van der Waals surface area contributed by atoms with Crippen LogP contribution in [-0.2, 0) is 4.74 Å². The molecule has 0 radical (unpaired) electrons. The van der Waals surface area contributed by atoms with Crippen molar-refractivity contribution in [2.24, 2.45) is 0 Å². The van der Waals surface area contributed by atoms with E-state index in [-0.39, 0.29) is 0 Å². The summed E-state index contributed by atoms with van der Waals surface area (Å²) in [6, 6.07) is 13.7. The third-order valence-corrected chi connectivity index (χ3v) is 3.49. The summed E-state index contributed by atoms with van der Waals surface area (Å²) < 4.78 is 4.54. The number of ether oxygens (including phenoxy) is 1. The van der Waals surface area contributed by atoms with Gasteiger partial charge in [-0.25, -0.2) is 9.78 Å². The largest absolute Gasteiger partial charge is 0.453 e. The van der Waals surface area contributed by atoms with E-state index in [2.05, 4.69) is 54.4 Å². The molecule has 1 heterocycles. The summed E-state index contributed by atoms with van der Waals surface area (Å²) in [7, 11) is 9.53. The van der Waals surface area contributed by atoms with Gasteiger partial charge in [0.1, 0.15) is 0 Å². The van der Waals surface area contributed by atoms with Crippen LogP contribution < -0.4 is 5.32 Å². The van der Waals surface area contributed by atoms with Gasteiger partial charge in [0.15, 0.2) is 0 Å². The van der Waals surface area contributed by atoms with E-state index in [9.17, 15) is 4.79 Å². The van der Waals surface area contributed by atoms with Gasteiger partial charge in [0.25, 0.3) is 0 Å². The molecule has 5 nitrogen and oxygen atoms in total. The van der Waals surface area contributed by atoms with Crippen molar-refractivity contribution < 1.29 is 9.53 Å². The highest BCUT2D eigenvalue weighted by Crippen LogP contribution is 2.28. The number of H-pyrrole nitrogens is 1. The Kier molecular flexibility index (Phi) is 6.15. The highest BCUT2D eigenvalue weighted by atomic mass is 36.5. The van der Waals surface area contributed by atoms with Crippen LogP contribution in [0.4, 0.5) is 10.7 Å². The Hall–Kier alpha value is -1.89. The molecule has 3 aromatic rings. The number of carbonyl (C=O) groups is 1. The van der Waals surface area contributed by atoms with E-state index in [1.54, 1.807) is 0 Å². The fourth-order valence-electron chi connectivity index (χ4n) is 2.10. The zero-order chi connectivity index (χ0) is 16.8. The van der Waals surface area contributed by atoms with Gasteiger partial charge in [0, 0.05) is 26.6 Å². The van der Waals surface area contributed by atoms with E-state index in [4.69, 9.17) is 0 Å². The Morgan fingerprint density at radius 2 is 2.00 bits per heavy atom. The van der Waals surface area contributed by atoms with Crippen LogP contribution in [0.15, 0.2) is 47.4 Å². The minimum absolute atomic E-state index is 0.355. The Labute approximate surface area is 148 Å². The van der Waals surface area contributed by atoms with Crippen LogP contribution in [0.2, 0.25) is 0 Å². The van der Waals surface area contributed by atoms with E-state index < -0.39 is 6.09 Å². The number of amides is 1. The van der Waals surface area contributed by atoms with Crippen molar-refractivity contribution in [3.05, 3.63) is 42.5 Å². The maximum Gasteiger partial charge on any atom is 0.413 e. The molecule has 3 rings (SSSR count). The number of fused-ring (bicyclic) bond motifs is 1. The molecule has 0 bridgehead atoms. The number of halogens is 2. The average molecular weight is 370 g/mol.